The summed E-state index contributed by atoms with van der Waals surface area (Å²) < 4.78 is 40.3. The number of nitrogens with two attached hydrogens (primary N) is 1. The third-order valence-corrected chi connectivity index (χ3v) is 4.36. The van der Waals surface area contributed by atoms with E-state index in [0.717, 1.165) is 6.07 Å². The van der Waals surface area contributed by atoms with E-state index in [9.17, 15) is 13.6 Å². The third-order valence-electron chi connectivity index (χ3n) is 4.10. The molecule has 0 amide bonds. The lowest BCUT2D eigenvalue weighted by atomic mass is 10.0. The van der Waals surface area contributed by atoms with Crippen LogP contribution >= 0.6 is 11.6 Å². The van der Waals surface area contributed by atoms with Crippen LogP contribution < -0.4 is 10.5 Å². The van der Waals surface area contributed by atoms with Crippen LogP contribution in [0.4, 0.5) is 14.7 Å². The van der Waals surface area contributed by atoms with E-state index in [1.165, 1.54) is 26.2 Å². The van der Waals surface area contributed by atoms with Crippen molar-refractivity contribution in [1.29, 1.82) is 0 Å². The zero-order valence-corrected chi connectivity index (χ0v) is 15.8. The van der Waals surface area contributed by atoms with E-state index in [0.29, 0.717) is 22.3 Å². The Morgan fingerprint density at radius 1 is 1.32 bits per heavy atom. The Balaban J connectivity index is 2.04. The summed E-state index contributed by atoms with van der Waals surface area (Å²) in [4.78, 5) is 19.7. The van der Waals surface area contributed by atoms with E-state index in [1.807, 2.05) is 0 Å². The molecule has 10 heteroatoms. The number of esters is 1. The van der Waals surface area contributed by atoms with Gasteiger partial charge in [0.25, 0.3) is 0 Å². The average Bonchev–Trinajstić information content (AvgIpc) is 3.04. The molecule has 0 saturated carbocycles. The summed E-state index contributed by atoms with van der Waals surface area (Å²) in [7, 11) is 1.42. The molecular weight excluding hydrogens is 394 g/mol. The summed E-state index contributed by atoms with van der Waals surface area (Å²) in [5.41, 5.74) is 6.52. The highest BCUT2D eigenvalue weighted by Crippen LogP contribution is 2.34. The van der Waals surface area contributed by atoms with E-state index < -0.39 is 17.5 Å². The molecule has 3 aromatic rings. The molecule has 0 bridgehead atoms. The van der Waals surface area contributed by atoms with Crippen molar-refractivity contribution < 1.29 is 23.0 Å². The molecule has 0 radical (unpaired) electrons. The Morgan fingerprint density at radius 2 is 2.07 bits per heavy atom. The van der Waals surface area contributed by atoms with Crippen LogP contribution in [0.3, 0.4) is 0 Å². The first-order chi connectivity index (χ1) is 13.3. The molecule has 7 nitrogen and oxygen atoms in total. The number of anilines is 1. The highest BCUT2D eigenvalue weighted by molar-refractivity contribution is 6.33. The second kappa shape index (κ2) is 7.59. The molecule has 0 unspecified atom stereocenters. The number of halogens is 3. The molecule has 0 aliphatic carbocycles. The van der Waals surface area contributed by atoms with Crippen LogP contribution in [0.5, 0.6) is 5.75 Å². The quantitative estimate of drug-likeness (QED) is 0.494. The average molecular weight is 411 g/mol. The number of carbonyl (C=O) groups is 1. The van der Waals surface area contributed by atoms with Crippen molar-refractivity contribution >= 4 is 34.6 Å². The number of nitrogen functional groups attached to an aromatic ring is 1. The summed E-state index contributed by atoms with van der Waals surface area (Å²) in [6.07, 6.45) is 1.68. The van der Waals surface area contributed by atoms with Crippen LogP contribution in [-0.2, 0) is 22.0 Å². The largest absolute Gasteiger partial charge is 0.496 e. The van der Waals surface area contributed by atoms with Gasteiger partial charge in [0.05, 0.1) is 25.8 Å². The van der Waals surface area contributed by atoms with E-state index in [4.69, 9.17) is 22.1 Å². The van der Waals surface area contributed by atoms with Crippen LogP contribution in [0.15, 0.2) is 30.5 Å². The summed E-state index contributed by atoms with van der Waals surface area (Å²) in [6.45, 7) is 1.45. The molecule has 0 aliphatic rings. The minimum absolute atomic E-state index is 0.0314. The van der Waals surface area contributed by atoms with Gasteiger partial charge in [-0.3, -0.25) is 0 Å². The number of ether oxygens (including phenoxy) is 2. The first kappa shape index (κ1) is 19.8. The van der Waals surface area contributed by atoms with Crippen molar-refractivity contribution in [3.63, 3.8) is 0 Å². The Labute approximate surface area is 164 Å². The summed E-state index contributed by atoms with van der Waals surface area (Å²) in [5, 5.41) is 0.138. The molecule has 0 spiro atoms. The van der Waals surface area contributed by atoms with Gasteiger partial charge in [-0.15, -0.1) is 0 Å². The predicted octanol–water partition coefficient (Wildman–Crippen LogP) is 3.38. The number of alkyl halides is 2. The van der Waals surface area contributed by atoms with Crippen molar-refractivity contribution in [3.8, 4) is 5.75 Å². The molecule has 0 saturated heterocycles. The Morgan fingerprint density at radius 3 is 2.75 bits per heavy atom. The maximum Gasteiger partial charge on any atom is 0.381 e. The zero-order chi connectivity index (χ0) is 20.5. The second-order valence-electron chi connectivity index (χ2n) is 5.87. The molecule has 2 heterocycles. The lowest BCUT2D eigenvalue weighted by Gasteiger charge is -2.18. The van der Waals surface area contributed by atoms with Crippen molar-refractivity contribution in [2.24, 2.45) is 0 Å². The number of aromatic nitrogens is 3. The normalized spacial score (nSPS) is 11.6. The van der Waals surface area contributed by atoms with Gasteiger partial charge < -0.3 is 19.8 Å². The lowest BCUT2D eigenvalue weighted by Crippen LogP contribution is -2.28. The van der Waals surface area contributed by atoms with Crippen LogP contribution in [0, 0.1) is 0 Å². The SMILES string of the molecule is CCOC(=O)C(F)(F)c1ccc(OC)c(Cn2ccc3nc(N)nc(Cl)c32)c1. The number of hydrogen-bond donors (Lipinski definition) is 1. The third kappa shape index (κ3) is 3.57. The van der Waals surface area contributed by atoms with Gasteiger partial charge in [-0.05, 0) is 31.2 Å². The summed E-state index contributed by atoms with van der Waals surface area (Å²) in [6, 6.07) is 5.39. The molecule has 1 aromatic carbocycles. The Kier molecular flexibility index (Phi) is 5.37. The van der Waals surface area contributed by atoms with Gasteiger partial charge in [-0.25, -0.2) is 9.78 Å². The van der Waals surface area contributed by atoms with Gasteiger partial charge in [-0.1, -0.05) is 11.6 Å². The number of methoxy groups -OCH3 is 1. The number of nitrogens with zero attached hydrogens (tertiary/aromatic N) is 3. The van der Waals surface area contributed by atoms with E-state index in [1.54, 1.807) is 16.8 Å². The predicted molar refractivity (Wildman–Crippen MR) is 99.6 cm³/mol. The molecular formula is C18H17ClF2N4O3. The van der Waals surface area contributed by atoms with Gasteiger partial charge in [0, 0.05) is 17.3 Å². The number of hydrogen-bond acceptors (Lipinski definition) is 6. The number of benzene rings is 1. The van der Waals surface area contributed by atoms with Crippen molar-refractivity contribution in [2.75, 3.05) is 19.5 Å². The molecule has 0 atom stereocenters. The lowest BCUT2D eigenvalue weighted by molar-refractivity contribution is -0.173. The molecule has 0 aliphatic heterocycles. The highest BCUT2D eigenvalue weighted by Gasteiger charge is 2.43. The van der Waals surface area contributed by atoms with E-state index >= 15 is 0 Å². The number of carbonyl (C=O) groups excluding carboxylic acids is 1. The molecule has 3 rings (SSSR count). The van der Waals surface area contributed by atoms with Gasteiger partial charge >= 0.3 is 11.9 Å². The molecule has 0 fully saturated rings. The van der Waals surface area contributed by atoms with Gasteiger partial charge in [0.15, 0.2) is 5.15 Å². The highest BCUT2D eigenvalue weighted by atomic mass is 35.5. The molecule has 148 valence electrons. The maximum atomic E-state index is 14.4. The number of rotatable bonds is 6. The fourth-order valence-electron chi connectivity index (χ4n) is 2.83. The Bertz CT molecular complexity index is 1040. The van der Waals surface area contributed by atoms with Crippen LogP contribution in [0.1, 0.15) is 18.1 Å². The first-order valence-corrected chi connectivity index (χ1v) is 8.66. The first-order valence-electron chi connectivity index (χ1n) is 8.28. The molecule has 2 aromatic heterocycles. The van der Waals surface area contributed by atoms with E-state index in [-0.39, 0.29) is 24.3 Å². The monoisotopic (exact) mass is 410 g/mol. The topological polar surface area (TPSA) is 92.3 Å². The van der Waals surface area contributed by atoms with Crippen LogP contribution in [-0.4, -0.2) is 34.2 Å². The maximum absolute atomic E-state index is 14.4. The minimum atomic E-state index is -3.79. The number of fused-ring (bicyclic) bond motifs is 1. The molecule has 28 heavy (non-hydrogen) atoms. The Hall–Kier alpha value is -2.94. The smallest absolute Gasteiger partial charge is 0.381 e. The zero-order valence-electron chi connectivity index (χ0n) is 15.1. The van der Waals surface area contributed by atoms with Gasteiger partial charge in [0.1, 0.15) is 11.3 Å². The summed E-state index contributed by atoms with van der Waals surface area (Å²) in [5.74, 6) is -4.99. The summed E-state index contributed by atoms with van der Waals surface area (Å²) >= 11 is 6.16. The van der Waals surface area contributed by atoms with Crippen LogP contribution in [0.25, 0.3) is 11.0 Å². The fraction of sp³-hybridized carbons (Fsp3) is 0.278. The van der Waals surface area contributed by atoms with Crippen molar-refractivity contribution in [2.45, 2.75) is 19.4 Å². The van der Waals surface area contributed by atoms with Crippen molar-refractivity contribution in [1.82, 2.24) is 14.5 Å². The van der Waals surface area contributed by atoms with Crippen LogP contribution in [0.2, 0.25) is 5.15 Å². The fourth-order valence-corrected chi connectivity index (χ4v) is 3.12. The van der Waals surface area contributed by atoms with E-state index in [2.05, 4.69) is 14.7 Å². The minimum Gasteiger partial charge on any atom is -0.496 e. The van der Waals surface area contributed by atoms with Crippen molar-refractivity contribution in [3.05, 3.63) is 46.7 Å². The molecule has 2 N–H and O–H groups in total. The second-order valence-corrected chi connectivity index (χ2v) is 6.23. The van der Waals surface area contributed by atoms with Gasteiger partial charge in [0.2, 0.25) is 5.95 Å². The standard InChI is InChI=1S/C18H17ClF2N4O3/c1-3-28-16(26)18(20,21)11-4-5-13(27-2)10(8-11)9-25-7-6-12-14(25)15(19)24-17(22)23-12/h4-8H,3,9H2,1-2H3,(H2,22,23,24). The van der Waals surface area contributed by atoms with Gasteiger partial charge in [-0.2, -0.15) is 13.8 Å².